The predicted molar refractivity (Wildman–Crippen MR) is 306 cm³/mol. The Kier molecular flexibility index (Phi) is 56.5. The first-order valence-corrected chi connectivity index (χ1v) is 29.1. The smallest absolute Gasteiger partial charge is 0.306 e. The van der Waals surface area contributed by atoms with Gasteiger partial charge in [0.25, 0.3) is 0 Å². The van der Waals surface area contributed by atoms with Gasteiger partial charge in [-0.2, -0.15) is 0 Å². The molecule has 5 nitrogen and oxygen atoms in total. The minimum Gasteiger partial charge on any atom is -0.462 e. The molecule has 1 unspecified atom stereocenters. The lowest BCUT2D eigenvalue weighted by Gasteiger charge is -2.15. The van der Waals surface area contributed by atoms with Crippen LogP contribution < -0.4 is 0 Å². The van der Waals surface area contributed by atoms with Crippen LogP contribution in [-0.4, -0.2) is 36.4 Å². The lowest BCUT2D eigenvalue weighted by Crippen LogP contribution is -2.28. The summed E-state index contributed by atoms with van der Waals surface area (Å²) in [5.41, 5.74) is 0. The predicted octanol–water partition coefficient (Wildman–Crippen LogP) is 19.9. The number of unbranched alkanes of at least 4 members (excludes halogenated alkanes) is 24. The third-order valence-electron chi connectivity index (χ3n) is 12.3. The minimum atomic E-state index is -0.782. The highest BCUT2D eigenvalue weighted by molar-refractivity contribution is 5.70. The van der Waals surface area contributed by atoms with E-state index < -0.39 is 6.10 Å². The van der Waals surface area contributed by atoms with Gasteiger partial charge >= 0.3 is 11.9 Å². The number of allylic oxidation sites excluding steroid dienone is 20. The van der Waals surface area contributed by atoms with Crippen LogP contribution in [0.3, 0.4) is 0 Å². The molecule has 0 aromatic heterocycles. The van der Waals surface area contributed by atoms with Gasteiger partial charge in [-0.05, 0) is 103 Å². The van der Waals surface area contributed by atoms with Gasteiger partial charge < -0.3 is 14.6 Å². The fourth-order valence-corrected chi connectivity index (χ4v) is 7.96. The van der Waals surface area contributed by atoms with E-state index in [1.165, 1.54) is 122 Å². The van der Waals surface area contributed by atoms with Crippen LogP contribution >= 0.6 is 0 Å². The molecule has 0 saturated heterocycles. The van der Waals surface area contributed by atoms with Gasteiger partial charge in [-0.3, -0.25) is 9.59 Å². The molecule has 1 N–H and O–H groups in total. The summed E-state index contributed by atoms with van der Waals surface area (Å²) >= 11 is 0. The fraction of sp³-hybridized carbons (Fsp3) is 0.662. The number of hydrogen-bond acceptors (Lipinski definition) is 5. The summed E-state index contributed by atoms with van der Waals surface area (Å²) in [7, 11) is 0. The quantitative estimate of drug-likeness (QED) is 0.0374. The number of carbonyl (C=O) groups is 2. The summed E-state index contributed by atoms with van der Waals surface area (Å²) in [5, 5.41) is 9.64. The minimum absolute atomic E-state index is 0.0745. The van der Waals surface area contributed by atoms with Crippen LogP contribution in [0.15, 0.2) is 122 Å². The summed E-state index contributed by atoms with van der Waals surface area (Å²) in [4.78, 5) is 24.5. The van der Waals surface area contributed by atoms with Crippen LogP contribution in [0.4, 0.5) is 0 Å². The zero-order valence-electron chi connectivity index (χ0n) is 45.5. The summed E-state index contributed by atoms with van der Waals surface area (Å²) in [6.45, 7) is 3.91. The van der Waals surface area contributed by atoms with E-state index in [1.807, 2.05) is 0 Å². The molecule has 0 rings (SSSR count). The molecule has 0 aliphatic carbocycles. The van der Waals surface area contributed by atoms with Crippen LogP contribution in [0.2, 0.25) is 0 Å². The molecule has 0 bridgehead atoms. The molecule has 0 amide bonds. The molecule has 0 aromatic rings. The third kappa shape index (κ3) is 56.9. The van der Waals surface area contributed by atoms with E-state index in [0.717, 1.165) is 109 Å². The van der Waals surface area contributed by atoms with Gasteiger partial charge in [-0.1, -0.05) is 264 Å². The van der Waals surface area contributed by atoms with Gasteiger partial charge in [0.1, 0.15) is 6.61 Å². The van der Waals surface area contributed by atoms with Crippen LogP contribution in [0, 0.1) is 0 Å². The Bertz CT molecular complexity index is 1420. The van der Waals surface area contributed by atoms with Crippen molar-refractivity contribution in [3.8, 4) is 0 Å². The monoisotopic (exact) mass is 969 g/mol. The molecule has 0 aliphatic rings. The van der Waals surface area contributed by atoms with Crippen LogP contribution in [0.5, 0.6) is 0 Å². The van der Waals surface area contributed by atoms with E-state index in [2.05, 4.69) is 135 Å². The molecule has 0 radical (unpaired) electrons. The Labute approximate surface area is 433 Å². The lowest BCUT2D eigenvalue weighted by molar-refractivity contribution is -0.161. The standard InChI is InChI=1S/C65H108O5/c1-3-5-7-9-11-13-15-17-19-21-22-23-24-25-26-27-28-29-30-31-32-33-34-35-36-37-38-39-40-41-42-44-46-48-50-52-54-56-58-60-65(68)70-63(61-66)62-69-64(67)59-57-55-53-51-49-47-45-43-20-18-16-14-12-10-8-6-4-2/h5-8,11-14,17-20,22-23,25-26,28-29,31-32,63,66H,3-4,9-10,15-16,21,24,27,30,33-62H2,1-2H3/b7-5-,8-6-,13-11-,14-12-,19-17-,20-18-,23-22-,26-25-,29-28-,32-31-. The number of aliphatic hydroxyl groups is 1. The van der Waals surface area contributed by atoms with Crippen molar-refractivity contribution in [3.63, 3.8) is 0 Å². The molecule has 5 heteroatoms. The summed E-state index contributed by atoms with van der Waals surface area (Å²) in [6.07, 6.45) is 87.5. The Morgan fingerprint density at radius 2 is 0.571 bits per heavy atom. The van der Waals surface area contributed by atoms with E-state index in [9.17, 15) is 14.7 Å². The van der Waals surface area contributed by atoms with Crippen LogP contribution in [0.1, 0.15) is 258 Å². The first-order valence-electron chi connectivity index (χ1n) is 29.1. The molecular weight excluding hydrogens is 861 g/mol. The second-order valence-electron chi connectivity index (χ2n) is 19.0. The number of carbonyl (C=O) groups excluding carboxylic acids is 2. The number of ether oxygens (including phenoxy) is 2. The van der Waals surface area contributed by atoms with Crippen molar-refractivity contribution in [2.24, 2.45) is 0 Å². The van der Waals surface area contributed by atoms with Gasteiger partial charge in [0.05, 0.1) is 6.61 Å². The van der Waals surface area contributed by atoms with E-state index in [4.69, 9.17) is 9.47 Å². The molecule has 70 heavy (non-hydrogen) atoms. The number of rotatable bonds is 52. The second-order valence-corrected chi connectivity index (χ2v) is 19.0. The van der Waals surface area contributed by atoms with Gasteiger partial charge in [-0.25, -0.2) is 0 Å². The van der Waals surface area contributed by atoms with Crippen LogP contribution in [-0.2, 0) is 19.1 Å². The molecule has 1 atom stereocenters. The molecule has 0 saturated carbocycles. The third-order valence-corrected chi connectivity index (χ3v) is 12.3. The number of esters is 2. The van der Waals surface area contributed by atoms with Crippen molar-refractivity contribution in [1.29, 1.82) is 0 Å². The largest absolute Gasteiger partial charge is 0.462 e. The SMILES string of the molecule is CC/C=C\C/C=C\C/C=C\C/C=C\C/C=C\C/C=C\C/C=C\CCCCCCCCCCCCCCCCCCCC(=O)OC(CO)COC(=O)CCCCCCCCC/C=C\C/C=C\C/C=C\CC. The van der Waals surface area contributed by atoms with E-state index in [1.54, 1.807) is 0 Å². The van der Waals surface area contributed by atoms with E-state index in [-0.39, 0.29) is 25.2 Å². The first-order chi connectivity index (χ1) is 34.6. The highest BCUT2D eigenvalue weighted by Gasteiger charge is 2.16. The Morgan fingerprint density at radius 3 is 0.857 bits per heavy atom. The average Bonchev–Trinajstić information content (AvgIpc) is 3.36. The summed E-state index contributed by atoms with van der Waals surface area (Å²) in [5.74, 6) is -0.601. The maximum Gasteiger partial charge on any atom is 0.306 e. The molecule has 398 valence electrons. The van der Waals surface area contributed by atoms with Gasteiger partial charge in [0, 0.05) is 12.8 Å². The zero-order valence-corrected chi connectivity index (χ0v) is 45.5. The molecule has 0 aromatic carbocycles. The van der Waals surface area contributed by atoms with Crippen molar-refractivity contribution < 1.29 is 24.2 Å². The van der Waals surface area contributed by atoms with Crippen molar-refractivity contribution in [3.05, 3.63) is 122 Å². The molecule has 0 spiro atoms. The maximum absolute atomic E-state index is 12.3. The van der Waals surface area contributed by atoms with Crippen molar-refractivity contribution in [2.75, 3.05) is 13.2 Å². The average molecular weight is 970 g/mol. The normalized spacial score (nSPS) is 13.1. The number of hydrogen-bond donors (Lipinski definition) is 1. The van der Waals surface area contributed by atoms with E-state index in [0.29, 0.717) is 12.8 Å². The van der Waals surface area contributed by atoms with Gasteiger partial charge in [0.15, 0.2) is 6.10 Å². The highest BCUT2D eigenvalue weighted by Crippen LogP contribution is 2.16. The first kappa shape index (κ1) is 66.3. The fourth-order valence-electron chi connectivity index (χ4n) is 7.96. The molecule has 0 aliphatic heterocycles. The summed E-state index contributed by atoms with van der Waals surface area (Å²) < 4.78 is 10.7. The molecule has 0 heterocycles. The second kappa shape index (κ2) is 59.6. The zero-order chi connectivity index (χ0) is 50.6. The molecular formula is C65H108O5. The van der Waals surface area contributed by atoms with Crippen molar-refractivity contribution >= 4 is 11.9 Å². The Hall–Kier alpha value is -3.70. The summed E-state index contributed by atoms with van der Waals surface area (Å²) in [6, 6.07) is 0. The van der Waals surface area contributed by atoms with Gasteiger partial charge in [-0.15, -0.1) is 0 Å². The topological polar surface area (TPSA) is 72.8 Å². The number of aliphatic hydroxyl groups excluding tert-OH is 1. The van der Waals surface area contributed by atoms with Crippen LogP contribution in [0.25, 0.3) is 0 Å². The maximum atomic E-state index is 12.3. The van der Waals surface area contributed by atoms with E-state index >= 15 is 0 Å². The Morgan fingerprint density at radius 1 is 0.329 bits per heavy atom. The van der Waals surface area contributed by atoms with Crippen molar-refractivity contribution in [2.45, 2.75) is 264 Å². The Balaban J connectivity index is 3.49. The highest BCUT2D eigenvalue weighted by atomic mass is 16.6. The van der Waals surface area contributed by atoms with Crippen molar-refractivity contribution in [1.82, 2.24) is 0 Å². The van der Waals surface area contributed by atoms with Gasteiger partial charge in [0.2, 0.25) is 0 Å². The lowest BCUT2D eigenvalue weighted by atomic mass is 10.0. The molecule has 0 fully saturated rings.